The van der Waals surface area contributed by atoms with E-state index in [9.17, 15) is 10.1 Å². The second-order valence-electron chi connectivity index (χ2n) is 3.80. The summed E-state index contributed by atoms with van der Waals surface area (Å²) in [5.41, 5.74) is 8.21. The zero-order valence-electron chi connectivity index (χ0n) is 9.38. The van der Waals surface area contributed by atoms with Crippen LogP contribution in [0.5, 0.6) is 0 Å². The Labute approximate surface area is 98.8 Å². The molecule has 0 bridgehead atoms. The van der Waals surface area contributed by atoms with E-state index < -0.39 is 4.92 Å². The molecule has 2 aromatic carbocycles. The number of nitrogen functional groups attached to an aromatic ring is 1. The van der Waals surface area contributed by atoms with Gasteiger partial charge < -0.3 is 5.73 Å². The van der Waals surface area contributed by atoms with E-state index in [-0.39, 0.29) is 11.4 Å². The van der Waals surface area contributed by atoms with E-state index in [1.807, 2.05) is 36.4 Å². The molecule has 0 aliphatic heterocycles. The lowest BCUT2D eigenvalue weighted by molar-refractivity contribution is -0.384. The number of rotatable bonds is 2. The van der Waals surface area contributed by atoms with Gasteiger partial charge in [-0.05, 0) is 24.1 Å². The van der Waals surface area contributed by atoms with Gasteiger partial charge in [-0.15, -0.1) is 0 Å². The van der Waals surface area contributed by atoms with Gasteiger partial charge in [-0.2, -0.15) is 0 Å². The first-order valence-corrected chi connectivity index (χ1v) is 5.20. The molecule has 0 unspecified atom stereocenters. The maximum Gasteiger partial charge on any atom is 0.295 e. The lowest BCUT2D eigenvalue weighted by Crippen LogP contribution is -1.99. The van der Waals surface area contributed by atoms with Gasteiger partial charge in [-0.25, -0.2) is 0 Å². The first-order valence-electron chi connectivity index (χ1n) is 5.20. The molecule has 0 spiro atoms. The Balaban J connectivity index is 2.66. The Bertz CT molecular complexity index is 565. The van der Waals surface area contributed by atoms with Gasteiger partial charge in [-0.1, -0.05) is 36.4 Å². The third kappa shape index (κ3) is 1.97. The minimum absolute atomic E-state index is 0.00801. The minimum Gasteiger partial charge on any atom is -0.393 e. The molecule has 0 atom stereocenters. The summed E-state index contributed by atoms with van der Waals surface area (Å²) >= 11 is 0. The summed E-state index contributed by atoms with van der Waals surface area (Å²) in [7, 11) is 0. The fourth-order valence-electron chi connectivity index (χ4n) is 1.89. The van der Waals surface area contributed by atoms with Gasteiger partial charge in [0.25, 0.3) is 5.69 Å². The van der Waals surface area contributed by atoms with Crippen molar-refractivity contribution in [1.29, 1.82) is 0 Å². The Hall–Kier alpha value is -2.36. The van der Waals surface area contributed by atoms with Crippen molar-refractivity contribution in [3.8, 4) is 11.1 Å². The lowest BCUT2D eigenvalue weighted by Gasteiger charge is -2.08. The van der Waals surface area contributed by atoms with Crippen LogP contribution < -0.4 is 5.73 Å². The van der Waals surface area contributed by atoms with Crippen LogP contribution in [0.1, 0.15) is 5.56 Å². The number of hydrogen-bond acceptors (Lipinski definition) is 3. The fraction of sp³-hybridized carbons (Fsp3) is 0.0769. The first-order chi connectivity index (χ1) is 8.11. The van der Waals surface area contributed by atoms with E-state index in [0.29, 0.717) is 5.56 Å². The van der Waals surface area contributed by atoms with Crippen LogP contribution in [0.2, 0.25) is 0 Å². The van der Waals surface area contributed by atoms with E-state index >= 15 is 0 Å². The average molecular weight is 228 g/mol. The van der Waals surface area contributed by atoms with Crippen LogP contribution in [-0.2, 0) is 0 Å². The molecule has 2 N–H and O–H groups in total. The number of nitro benzene ring substituents is 1. The Morgan fingerprint density at radius 3 is 2.35 bits per heavy atom. The average Bonchev–Trinajstić information content (AvgIpc) is 2.30. The topological polar surface area (TPSA) is 69.2 Å². The fourth-order valence-corrected chi connectivity index (χ4v) is 1.89. The third-order valence-electron chi connectivity index (χ3n) is 2.73. The van der Waals surface area contributed by atoms with Crippen LogP contribution in [0.15, 0.2) is 42.5 Å². The molecule has 86 valence electrons. The Morgan fingerprint density at radius 2 is 1.76 bits per heavy atom. The van der Waals surface area contributed by atoms with Crippen LogP contribution in [-0.4, -0.2) is 4.92 Å². The molecule has 0 aromatic heterocycles. The van der Waals surface area contributed by atoms with Gasteiger partial charge in [0.05, 0.1) is 4.92 Å². The van der Waals surface area contributed by atoms with E-state index in [1.165, 1.54) is 0 Å². The summed E-state index contributed by atoms with van der Waals surface area (Å²) in [5.74, 6) is 0. The molecular formula is C13H12N2O2. The van der Waals surface area contributed by atoms with Gasteiger partial charge in [0.15, 0.2) is 0 Å². The molecule has 0 radical (unpaired) electrons. The number of hydrogen-bond donors (Lipinski definition) is 1. The Morgan fingerprint density at radius 1 is 1.12 bits per heavy atom. The molecule has 0 heterocycles. The molecule has 4 nitrogen and oxygen atoms in total. The molecule has 0 saturated carbocycles. The Kier molecular flexibility index (Phi) is 2.78. The number of anilines is 1. The predicted molar refractivity (Wildman–Crippen MR) is 67.7 cm³/mol. The number of nitrogens with two attached hydrogens (primary N) is 1. The molecule has 0 fully saturated rings. The highest BCUT2D eigenvalue weighted by Crippen LogP contribution is 2.33. The maximum absolute atomic E-state index is 11.0. The molecule has 2 aromatic rings. The summed E-state index contributed by atoms with van der Waals surface area (Å²) in [6, 6.07) is 12.9. The van der Waals surface area contributed by atoms with Crippen molar-refractivity contribution in [3.05, 3.63) is 58.1 Å². The molecule has 17 heavy (non-hydrogen) atoms. The van der Waals surface area contributed by atoms with Crippen molar-refractivity contribution >= 4 is 11.4 Å². The summed E-state index contributed by atoms with van der Waals surface area (Å²) in [4.78, 5) is 10.5. The zero-order valence-corrected chi connectivity index (χ0v) is 9.38. The van der Waals surface area contributed by atoms with E-state index in [0.717, 1.165) is 11.1 Å². The summed E-state index contributed by atoms with van der Waals surface area (Å²) in [6.45, 7) is 1.72. The molecule has 0 aliphatic carbocycles. The second-order valence-corrected chi connectivity index (χ2v) is 3.80. The monoisotopic (exact) mass is 228 g/mol. The van der Waals surface area contributed by atoms with Gasteiger partial charge in [0, 0.05) is 5.56 Å². The van der Waals surface area contributed by atoms with Gasteiger partial charge in [0.1, 0.15) is 5.69 Å². The summed E-state index contributed by atoms with van der Waals surface area (Å²) < 4.78 is 0. The minimum atomic E-state index is -0.433. The molecule has 2 rings (SSSR count). The quantitative estimate of drug-likeness (QED) is 0.487. The van der Waals surface area contributed by atoms with Crippen molar-refractivity contribution in [1.82, 2.24) is 0 Å². The van der Waals surface area contributed by atoms with E-state index in [1.54, 1.807) is 13.0 Å². The van der Waals surface area contributed by atoms with E-state index in [4.69, 9.17) is 5.73 Å². The van der Waals surface area contributed by atoms with Crippen LogP contribution >= 0.6 is 0 Å². The molecule has 4 heteroatoms. The highest BCUT2D eigenvalue weighted by atomic mass is 16.6. The third-order valence-corrected chi connectivity index (χ3v) is 2.73. The lowest BCUT2D eigenvalue weighted by atomic mass is 9.98. The standard InChI is InChI=1S/C13H12N2O2/c1-9-11(10-5-3-2-4-6-10)7-8-12(14)13(9)15(16)17/h2-8H,14H2,1H3. The van der Waals surface area contributed by atoms with Crippen molar-refractivity contribution in [2.45, 2.75) is 6.92 Å². The molecule has 0 aliphatic rings. The molecule has 0 saturated heterocycles. The smallest absolute Gasteiger partial charge is 0.295 e. The van der Waals surface area contributed by atoms with E-state index in [2.05, 4.69) is 0 Å². The number of benzene rings is 2. The zero-order chi connectivity index (χ0) is 12.4. The van der Waals surface area contributed by atoms with Crippen LogP contribution in [0, 0.1) is 17.0 Å². The van der Waals surface area contributed by atoms with Crippen LogP contribution in [0.3, 0.4) is 0 Å². The maximum atomic E-state index is 11.0. The highest BCUT2D eigenvalue weighted by Gasteiger charge is 2.18. The van der Waals surface area contributed by atoms with Gasteiger partial charge in [0.2, 0.25) is 0 Å². The first kappa shape index (κ1) is 11.1. The molecule has 0 amide bonds. The number of nitro groups is 1. The van der Waals surface area contributed by atoms with Gasteiger partial charge in [-0.3, -0.25) is 10.1 Å². The van der Waals surface area contributed by atoms with Crippen LogP contribution in [0.25, 0.3) is 11.1 Å². The van der Waals surface area contributed by atoms with Crippen molar-refractivity contribution in [2.75, 3.05) is 5.73 Å². The number of nitrogens with zero attached hydrogens (tertiary/aromatic N) is 1. The summed E-state index contributed by atoms with van der Waals surface area (Å²) in [5, 5.41) is 11.0. The second kappa shape index (κ2) is 4.25. The van der Waals surface area contributed by atoms with Crippen molar-refractivity contribution < 1.29 is 4.92 Å². The SMILES string of the molecule is Cc1c(-c2ccccc2)ccc(N)c1[N+](=O)[O-]. The van der Waals surface area contributed by atoms with Crippen molar-refractivity contribution in [2.24, 2.45) is 0 Å². The van der Waals surface area contributed by atoms with Crippen molar-refractivity contribution in [3.63, 3.8) is 0 Å². The normalized spacial score (nSPS) is 10.2. The summed E-state index contributed by atoms with van der Waals surface area (Å²) in [6.07, 6.45) is 0. The van der Waals surface area contributed by atoms with Gasteiger partial charge >= 0.3 is 0 Å². The predicted octanol–water partition coefficient (Wildman–Crippen LogP) is 3.15. The largest absolute Gasteiger partial charge is 0.393 e. The molecular weight excluding hydrogens is 216 g/mol. The van der Waals surface area contributed by atoms with Crippen LogP contribution in [0.4, 0.5) is 11.4 Å². The highest BCUT2D eigenvalue weighted by molar-refractivity contribution is 5.77.